The first kappa shape index (κ1) is 16.7. The Hall–Kier alpha value is -2.69. The Morgan fingerprint density at radius 3 is 2.04 bits per heavy atom. The van der Waals surface area contributed by atoms with Gasteiger partial charge in [0, 0.05) is 5.56 Å². The molecule has 0 fully saturated rings. The predicted molar refractivity (Wildman–Crippen MR) is 93.2 cm³/mol. The maximum atomic E-state index is 5.33. The van der Waals surface area contributed by atoms with Crippen molar-refractivity contribution in [3.63, 3.8) is 0 Å². The van der Waals surface area contributed by atoms with Crippen molar-refractivity contribution >= 4 is 11.9 Å². The maximum Gasteiger partial charge on any atom is 0.203 e. The first-order valence-electron chi connectivity index (χ1n) is 7.25. The molecule has 0 amide bonds. The smallest absolute Gasteiger partial charge is 0.203 e. The quantitative estimate of drug-likeness (QED) is 0.651. The van der Waals surface area contributed by atoms with Gasteiger partial charge in [0.1, 0.15) is 0 Å². The highest BCUT2D eigenvalue weighted by Crippen LogP contribution is 2.37. The molecule has 0 aliphatic carbocycles. The number of ether oxygens (including phenoxy) is 3. The predicted octanol–water partition coefficient (Wildman–Crippen LogP) is 3.78. The van der Waals surface area contributed by atoms with Gasteiger partial charge in [-0.1, -0.05) is 6.07 Å². The van der Waals surface area contributed by atoms with Crippen molar-refractivity contribution < 1.29 is 14.2 Å². The Morgan fingerprint density at radius 1 is 0.870 bits per heavy atom. The van der Waals surface area contributed by atoms with E-state index in [1.807, 2.05) is 18.2 Å². The van der Waals surface area contributed by atoms with E-state index < -0.39 is 0 Å². The average molecular weight is 314 g/mol. The van der Waals surface area contributed by atoms with Gasteiger partial charge in [-0.3, -0.25) is 5.43 Å². The molecule has 0 aliphatic rings. The monoisotopic (exact) mass is 314 g/mol. The summed E-state index contributed by atoms with van der Waals surface area (Å²) in [5.74, 6) is 1.76. The van der Waals surface area contributed by atoms with Gasteiger partial charge in [0.25, 0.3) is 0 Å². The summed E-state index contributed by atoms with van der Waals surface area (Å²) in [5.41, 5.74) is 7.28. The van der Waals surface area contributed by atoms with Crippen LogP contribution in [0.2, 0.25) is 0 Å². The molecule has 0 saturated heterocycles. The fourth-order valence-electron chi connectivity index (χ4n) is 2.17. The van der Waals surface area contributed by atoms with Crippen LogP contribution in [0.25, 0.3) is 0 Å². The SMILES string of the molecule is COc1cc(/C=N/Nc2ccc(C)c(C)c2)cc(OC)c1OC. The fraction of sp³-hybridized carbons (Fsp3) is 0.278. The molecule has 0 atom stereocenters. The number of nitrogens with one attached hydrogen (secondary N) is 1. The van der Waals surface area contributed by atoms with E-state index >= 15 is 0 Å². The third kappa shape index (κ3) is 3.94. The molecule has 0 aromatic heterocycles. The highest BCUT2D eigenvalue weighted by Gasteiger charge is 2.12. The molecule has 0 aliphatic heterocycles. The van der Waals surface area contributed by atoms with Crippen LogP contribution in [0.1, 0.15) is 16.7 Å². The number of hydrazone groups is 1. The zero-order valence-electron chi connectivity index (χ0n) is 14.1. The van der Waals surface area contributed by atoms with Crippen molar-refractivity contribution in [1.29, 1.82) is 0 Å². The zero-order chi connectivity index (χ0) is 16.8. The van der Waals surface area contributed by atoms with E-state index in [0.29, 0.717) is 17.2 Å². The van der Waals surface area contributed by atoms with E-state index in [2.05, 4.69) is 36.5 Å². The first-order chi connectivity index (χ1) is 11.1. The molecule has 5 nitrogen and oxygen atoms in total. The van der Waals surface area contributed by atoms with Crippen LogP contribution in [0.4, 0.5) is 5.69 Å². The fourth-order valence-corrected chi connectivity index (χ4v) is 2.17. The second-order valence-corrected chi connectivity index (χ2v) is 5.13. The highest BCUT2D eigenvalue weighted by atomic mass is 16.5. The molecule has 122 valence electrons. The van der Waals surface area contributed by atoms with Crippen molar-refractivity contribution in [3.05, 3.63) is 47.0 Å². The number of aryl methyl sites for hydroxylation is 2. The normalized spacial score (nSPS) is 10.7. The van der Waals surface area contributed by atoms with E-state index in [4.69, 9.17) is 14.2 Å². The van der Waals surface area contributed by atoms with Gasteiger partial charge in [-0.2, -0.15) is 5.10 Å². The van der Waals surface area contributed by atoms with E-state index in [9.17, 15) is 0 Å². The molecule has 2 rings (SSSR count). The zero-order valence-corrected chi connectivity index (χ0v) is 14.1. The van der Waals surface area contributed by atoms with Gasteiger partial charge >= 0.3 is 0 Å². The molecule has 0 saturated carbocycles. The second kappa shape index (κ2) is 7.54. The Morgan fingerprint density at radius 2 is 1.52 bits per heavy atom. The maximum absolute atomic E-state index is 5.33. The minimum atomic E-state index is 0.564. The Bertz CT molecular complexity index is 686. The standard InChI is InChI=1S/C18H22N2O3/c1-12-6-7-15(8-13(12)2)20-19-11-14-9-16(21-3)18(23-5)17(10-14)22-4/h6-11,20H,1-5H3/b19-11+. The van der Waals surface area contributed by atoms with E-state index in [1.165, 1.54) is 11.1 Å². The number of hydrogen-bond donors (Lipinski definition) is 1. The molecule has 0 heterocycles. The number of rotatable bonds is 6. The topological polar surface area (TPSA) is 52.1 Å². The summed E-state index contributed by atoms with van der Waals surface area (Å²) in [4.78, 5) is 0. The molecule has 0 radical (unpaired) electrons. The minimum Gasteiger partial charge on any atom is -0.493 e. The summed E-state index contributed by atoms with van der Waals surface area (Å²) < 4.78 is 16.0. The van der Waals surface area contributed by atoms with Crippen LogP contribution in [-0.2, 0) is 0 Å². The van der Waals surface area contributed by atoms with E-state index in [1.54, 1.807) is 27.5 Å². The van der Waals surface area contributed by atoms with Crippen LogP contribution >= 0.6 is 0 Å². The largest absolute Gasteiger partial charge is 0.493 e. The van der Waals surface area contributed by atoms with Gasteiger partial charge in [0.2, 0.25) is 5.75 Å². The van der Waals surface area contributed by atoms with Crippen LogP contribution in [0.5, 0.6) is 17.2 Å². The molecule has 5 heteroatoms. The lowest BCUT2D eigenvalue weighted by molar-refractivity contribution is 0.324. The van der Waals surface area contributed by atoms with Gasteiger partial charge in [-0.25, -0.2) is 0 Å². The third-order valence-electron chi connectivity index (χ3n) is 3.60. The molecule has 2 aromatic carbocycles. The molecule has 0 spiro atoms. The van der Waals surface area contributed by atoms with Crippen molar-refractivity contribution in [1.82, 2.24) is 0 Å². The Kier molecular flexibility index (Phi) is 5.46. The van der Waals surface area contributed by atoms with Gasteiger partial charge < -0.3 is 14.2 Å². The van der Waals surface area contributed by atoms with Crippen molar-refractivity contribution in [3.8, 4) is 17.2 Å². The molecule has 23 heavy (non-hydrogen) atoms. The molecule has 2 aromatic rings. The van der Waals surface area contributed by atoms with Crippen LogP contribution in [0, 0.1) is 13.8 Å². The lowest BCUT2D eigenvalue weighted by atomic mass is 10.1. The van der Waals surface area contributed by atoms with Crippen molar-refractivity contribution in [2.24, 2.45) is 5.10 Å². The van der Waals surface area contributed by atoms with Crippen LogP contribution in [0.15, 0.2) is 35.4 Å². The lowest BCUT2D eigenvalue weighted by Gasteiger charge is -2.12. The molecule has 0 unspecified atom stereocenters. The number of methoxy groups -OCH3 is 3. The molecular weight excluding hydrogens is 292 g/mol. The number of anilines is 1. The number of nitrogens with zero attached hydrogens (tertiary/aromatic N) is 1. The van der Waals surface area contributed by atoms with Gasteiger partial charge in [-0.15, -0.1) is 0 Å². The van der Waals surface area contributed by atoms with Crippen LogP contribution in [-0.4, -0.2) is 27.5 Å². The van der Waals surface area contributed by atoms with Crippen LogP contribution in [0.3, 0.4) is 0 Å². The Labute approximate surface area is 136 Å². The van der Waals surface area contributed by atoms with Crippen LogP contribution < -0.4 is 19.6 Å². The summed E-state index contributed by atoms with van der Waals surface area (Å²) in [6, 6.07) is 9.79. The minimum absolute atomic E-state index is 0.564. The summed E-state index contributed by atoms with van der Waals surface area (Å²) in [5, 5.41) is 4.26. The number of hydrogen-bond acceptors (Lipinski definition) is 5. The van der Waals surface area contributed by atoms with E-state index in [0.717, 1.165) is 11.3 Å². The Balaban J connectivity index is 2.20. The van der Waals surface area contributed by atoms with Crippen molar-refractivity contribution in [2.75, 3.05) is 26.8 Å². The summed E-state index contributed by atoms with van der Waals surface area (Å²) in [7, 11) is 4.76. The lowest BCUT2D eigenvalue weighted by Crippen LogP contribution is -1.97. The average Bonchev–Trinajstić information content (AvgIpc) is 2.57. The summed E-state index contributed by atoms with van der Waals surface area (Å²) >= 11 is 0. The second-order valence-electron chi connectivity index (χ2n) is 5.13. The van der Waals surface area contributed by atoms with E-state index in [-0.39, 0.29) is 0 Å². The number of benzene rings is 2. The molecule has 0 bridgehead atoms. The summed E-state index contributed by atoms with van der Waals surface area (Å²) in [6.45, 7) is 4.15. The molecule has 1 N–H and O–H groups in total. The van der Waals surface area contributed by atoms with Gasteiger partial charge in [-0.05, 0) is 49.2 Å². The molecular formula is C18H22N2O3. The highest BCUT2D eigenvalue weighted by molar-refractivity contribution is 5.83. The third-order valence-corrected chi connectivity index (χ3v) is 3.60. The summed E-state index contributed by atoms with van der Waals surface area (Å²) in [6.07, 6.45) is 1.71. The van der Waals surface area contributed by atoms with Gasteiger partial charge in [0.15, 0.2) is 11.5 Å². The first-order valence-corrected chi connectivity index (χ1v) is 7.25. The van der Waals surface area contributed by atoms with Gasteiger partial charge in [0.05, 0.1) is 33.2 Å². The van der Waals surface area contributed by atoms with Crippen molar-refractivity contribution in [2.45, 2.75) is 13.8 Å².